The van der Waals surface area contributed by atoms with Gasteiger partial charge < -0.3 is 4.90 Å². The third kappa shape index (κ3) is 3.47. The predicted molar refractivity (Wildman–Crippen MR) is 105 cm³/mol. The molecule has 1 atom stereocenters. The molecule has 1 unspecified atom stereocenters. The van der Waals surface area contributed by atoms with Crippen molar-refractivity contribution >= 4 is 16.7 Å². The quantitative estimate of drug-likeness (QED) is 0.657. The molecule has 0 spiro atoms. The van der Waals surface area contributed by atoms with E-state index < -0.39 is 12.2 Å². The average molecular weight is 397 g/mol. The van der Waals surface area contributed by atoms with E-state index in [1.165, 1.54) is 4.68 Å². The van der Waals surface area contributed by atoms with Gasteiger partial charge in [-0.2, -0.15) is 5.10 Å². The van der Waals surface area contributed by atoms with Gasteiger partial charge in [0.05, 0.1) is 23.8 Å². The van der Waals surface area contributed by atoms with Crippen LogP contribution >= 0.6 is 0 Å². The van der Waals surface area contributed by atoms with Crippen molar-refractivity contribution < 1.29 is 8.78 Å². The maximum atomic E-state index is 13.4. The maximum absolute atomic E-state index is 13.4. The molecule has 1 saturated carbocycles. The van der Waals surface area contributed by atoms with Crippen molar-refractivity contribution in [2.24, 2.45) is 0 Å². The Hall–Kier alpha value is -2.90. The summed E-state index contributed by atoms with van der Waals surface area (Å²) in [5.74, 6) is 0.510. The highest BCUT2D eigenvalue weighted by Gasteiger charge is 2.30. The zero-order valence-corrected chi connectivity index (χ0v) is 15.8. The van der Waals surface area contributed by atoms with Crippen molar-refractivity contribution in [3.8, 4) is 0 Å². The monoisotopic (exact) mass is 397 g/mol. The zero-order chi connectivity index (χ0) is 20.0. The lowest BCUT2D eigenvalue weighted by atomic mass is 10.2. The number of para-hydroxylation sites is 1. The Morgan fingerprint density at radius 2 is 1.90 bits per heavy atom. The summed E-state index contributed by atoms with van der Waals surface area (Å²) < 4.78 is 28.3. The summed E-state index contributed by atoms with van der Waals surface area (Å²) >= 11 is 0. The Kier molecular flexibility index (Phi) is 4.49. The summed E-state index contributed by atoms with van der Waals surface area (Å²) in [4.78, 5) is 22.6. The van der Waals surface area contributed by atoms with E-state index in [0.717, 1.165) is 36.8 Å². The summed E-state index contributed by atoms with van der Waals surface area (Å²) in [6.07, 6.45) is 1.25. The Morgan fingerprint density at radius 3 is 2.69 bits per heavy atom. The van der Waals surface area contributed by atoms with Crippen LogP contribution in [-0.2, 0) is 6.54 Å². The van der Waals surface area contributed by atoms with Crippen LogP contribution in [-0.4, -0.2) is 32.3 Å². The summed E-state index contributed by atoms with van der Waals surface area (Å²) in [6.45, 7) is 1.12. The van der Waals surface area contributed by atoms with Crippen LogP contribution in [0.3, 0.4) is 0 Å². The number of rotatable bonds is 5. The van der Waals surface area contributed by atoms with Gasteiger partial charge in [0.1, 0.15) is 5.82 Å². The van der Waals surface area contributed by atoms with Crippen molar-refractivity contribution in [2.75, 3.05) is 11.4 Å². The van der Waals surface area contributed by atoms with E-state index in [1.54, 1.807) is 18.2 Å². The van der Waals surface area contributed by atoms with Gasteiger partial charge in [-0.3, -0.25) is 4.79 Å². The number of nitrogens with zero attached hydrogens (tertiary/aromatic N) is 5. The van der Waals surface area contributed by atoms with E-state index in [4.69, 9.17) is 0 Å². The fourth-order valence-corrected chi connectivity index (χ4v) is 4.09. The highest BCUT2D eigenvalue weighted by molar-refractivity contribution is 5.89. The molecule has 0 N–H and O–H groups in total. The second-order valence-corrected chi connectivity index (χ2v) is 7.77. The number of benzene rings is 1. The Labute approximate surface area is 166 Å². The van der Waals surface area contributed by atoms with Gasteiger partial charge in [0.25, 0.3) is 12.0 Å². The summed E-state index contributed by atoms with van der Waals surface area (Å²) in [5.41, 5.74) is 1.33. The molecule has 29 heavy (non-hydrogen) atoms. The number of anilines is 1. The standard InChI is InChI=1S/C21H21F2N5O/c22-19(23)20-24-17-6-2-1-5-15(17)21(25-20)27-11-3-4-14(27)12-28-18(29)10-9-16(26-28)13-7-8-13/h1-2,5-6,9-10,13-14,19H,3-4,7-8,11-12H2. The van der Waals surface area contributed by atoms with Gasteiger partial charge in [0, 0.05) is 23.9 Å². The fourth-order valence-electron chi connectivity index (χ4n) is 4.09. The van der Waals surface area contributed by atoms with Crippen LogP contribution in [0, 0.1) is 0 Å². The third-order valence-corrected chi connectivity index (χ3v) is 5.71. The lowest BCUT2D eigenvalue weighted by Crippen LogP contribution is -2.38. The van der Waals surface area contributed by atoms with Gasteiger partial charge >= 0.3 is 0 Å². The number of alkyl halides is 2. The molecule has 1 aromatic carbocycles. The minimum Gasteiger partial charge on any atom is -0.351 e. The topological polar surface area (TPSA) is 63.9 Å². The lowest BCUT2D eigenvalue weighted by molar-refractivity contribution is 0.141. The van der Waals surface area contributed by atoms with Gasteiger partial charge in [-0.25, -0.2) is 23.4 Å². The molecular weight excluding hydrogens is 376 g/mol. The molecule has 150 valence electrons. The Balaban J connectivity index is 1.52. The normalized spacial score (nSPS) is 19.4. The highest BCUT2D eigenvalue weighted by atomic mass is 19.3. The second-order valence-electron chi connectivity index (χ2n) is 7.77. The Bertz CT molecular complexity index is 1110. The molecule has 0 amide bonds. The first-order valence-electron chi connectivity index (χ1n) is 9.99. The second kappa shape index (κ2) is 7.17. The number of fused-ring (bicyclic) bond motifs is 1. The van der Waals surface area contributed by atoms with Crippen LogP contribution in [0.1, 0.15) is 49.5 Å². The molecule has 1 saturated heterocycles. The summed E-state index contributed by atoms with van der Waals surface area (Å²) in [6, 6.07) is 10.6. The Morgan fingerprint density at radius 1 is 1.07 bits per heavy atom. The number of halogens is 2. The first-order valence-corrected chi connectivity index (χ1v) is 9.99. The van der Waals surface area contributed by atoms with E-state index in [-0.39, 0.29) is 11.6 Å². The number of hydrogen-bond acceptors (Lipinski definition) is 5. The van der Waals surface area contributed by atoms with Crippen LogP contribution in [0.5, 0.6) is 0 Å². The minimum absolute atomic E-state index is 0.0292. The molecular formula is C21H21F2N5O. The molecule has 3 aromatic rings. The van der Waals surface area contributed by atoms with Crippen molar-refractivity contribution in [3.63, 3.8) is 0 Å². The molecule has 1 aliphatic heterocycles. The number of hydrogen-bond donors (Lipinski definition) is 0. The van der Waals surface area contributed by atoms with Crippen molar-refractivity contribution in [1.29, 1.82) is 0 Å². The smallest absolute Gasteiger partial charge is 0.297 e. The van der Waals surface area contributed by atoms with Gasteiger partial charge in [0.15, 0.2) is 5.82 Å². The van der Waals surface area contributed by atoms with Gasteiger partial charge in [-0.15, -0.1) is 0 Å². The summed E-state index contributed by atoms with van der Waals surface area (Å²) in [5, 5.41) is 5.30. The van der Waals surface area contributed by atoms with Crippen LogP contribution < -0.4 is 10.5 Å². The SMILES string of the molecule is O=c1ccc(C2CC2)nn1CC1CCCN1c1nc(C(F)F)nc2ccccc12. The average Bonchev–Trinajstić information content (AvgIpc) is 3.48. The number of aromatic nitrogens is 4. The zero-order valence-electron chi connectivity index (χ0n) is 15.8. The van der Waals surface area contributed by atoms with Crippen molar-refractivity contribution in [1.82, 2.24) is 19.7 Å². The van der Waals surface area contributed by atoms with Crippen molar-refractivity contribution in [2.45, 2.75) is 50.6 Å². The third-order valence-electron chi connectivity index (χ3n) is 5.71. The van der Waals surface area contributed by atoms with E-state index in [1.807, 2.05) is 23.1 Å². The molecule has 8 heteroatoms. The first kappa shape index (κ1) is 18.1. The molecule has 5 rings (SSSR count). The van der Waals surface area contributed by atoms with E-state index in [0.29, 0.717) is 30.3 Å². The predicted octanol–water partition coefficient (Wildman–Crippen LogP) is 3.67. The largest absolute Gasteiger partial charge is 0.351 e. The van der Waals surface area contributed by atoms with E-state index in [9.17, 15) is 13.6 Å². The summed E-state index contributed by atoms with van der Waals surface area (Å²) in [7, 11) is 0. The molecule has 0 bridgehead atoms. The highest BCUT2D eigenvalue weighted by Crippen LogP contribution is 2.38. The maximum Gasteiger partial charge on any atom is 0.297 e. The molecule has 2 aromatic heterocycles. The van der Waals surface area contributed by atoms with Gasteiger partial charge in [-0.05, 0) is 43.9 Å². The van der Waals surface area contributed by atoms with Crippen molar-refractivity contribution in [3.05, 3.63) is 58.3 Å². The lowest BCUT2D eigenvalue weighted by Gasteiger charge is -2.27. The molecule has 2 aliphatic rings. The van der Waals surface area contributed by atoms with Gasteiger partial charge in [0.2, 0.25) is 0 Å². The van der Waals surface area contributed by atoms with Crippen LogP contribution in [0.15, 0.2) is 41.2 Å². The van der Waals surface area contributed by atoms with Gasteiger partial charge in [-0.1, -0.05) is 12.1 Å². The minimum atomic E-state index is -2.74. The molecule has 1 aliphatic carbocycles. The molecule has 2 fully saturated rings. The molecule has 6 nitrogen and oxygen atoms in total. The molecule has 3 heterocycles. The molecule has 0 radical (unpaired) electrons. The fraction of sp³-hybridized carbons (Fsp3) is 0.429. The first-order chi connectivity index (χ1) is 14.1. The van der Waals surface area contributed by atoms with Crippen LogP contribution in [0.4, 0.5) is 14.6 Å². The van der Waals surface area contributed by atoms with E-state index in [2.05, 4.69) is 15.1 Å². The van der Waals surface area contributed by atoms with E-state index >= 15 is 0 Å². The van der Waals surface area contributed by atoms with Crippen LogP contribution in [0.2, 0.25) is 0 Å². The van der Waals surface area contributed by atoms with Crippen LogP contribution in [0.25, 0.3) is 10.9 Å².